The predicted molar refractivity (Wildman–Crippen MR) is 121 cm³/mol. The first-order chi connectivity index (χ1) is 13.7. The van der Waals surface area contributed by atoms with Crippen molar-refractivity contribution in [2.45, 2.75) is 51.6 Å². The molecule has 1 heterocycles. The molecule has 1 atom stereocenters. The summed E-state index contributed by atoms with van der Waals surface area (Å²) in [6.07, 6.45) is 0.885. The third-order valence-corrected chi connectivity index (χ3v) is 6.22. The third kappa shape index (κ3) is 4.52. The molecule has 1 aliphatic heterocycles. The van der Waals surface area contributed by atoms with Crippen LogP contribution in [0.4, 0.5) is 5.69 Å². The molecule has 152 valence electrons. The van der Waals surface area contributed by atoms with Gasteiger partial charge in [0.25, 0.3) is 5.91 Å². The lowest BCUT2D eigenvalue weighted by Crippen LogP contribution is -2.56. The van der Waals surface area contributed by atoms with Gasteiger partial charge in [-0.2, -0.15) is 0 Å². The van der Waals surface area contributed by atoms with E-state index in [1.165, 1.54) is 4.90 Å². The van der Waals surface area contributed by atoms with Crippen LogP contribution in [0.3, 0.4) is 0 Å². The van der Waals surface area contributed by atoms with Gasteiger partial charge in [-0.3, -0.25) is 14.4 Å². The third-order valence-electron chi connectivity index (χ3n) is 5.50. The van der Waals surface area contributed by atoms with Gasteiger partial charge in [-0.25, -0.2) is 4.90 Å². The Kier molecular flexibility index (Phi) is 6.41. The molecule has 2 aromatic rings. The molecule has 0 N–H and O–H groups in total. The van der Waals surface area contributed by atoms with Crippen LogP contribution in [0.2, 0.25) is 0 Å². The molecule has 0 bridgehead atoms. The molecule has 1 unspecified atom stereocenters. The fourth-order valence-corrected chi connectivity index (χ4v) is 4.00. The minimum Gasteiger partial charge on any atom is -0.325 e. The van der Waals surface area contributed by atoms with Gasteiger partial charge >= 0.3 is 0 Å². The molecule has 0 spiro atoms. The van der Waals surface area contributed by atoms with E-state index in [-0.39, 0.29) is 30.6 Å². The van der Waals surface area contributed by atoms with Gasteiger partial charge in [0.2, 0.25) is 11.8 Å². The van der Waals surface area contributed by atoms with E-state index in [0.29, 0.717) is 12.1 Å². The number of imide groups is 1. The lowest BCUT2D eigenvalue weighted by Gasteiger charge is -2.41. The Balaban J connectivity index is 1.92. The minimum absolute atomic E-state index is 0.00871. The Hall–Kier alpha value is -2.22. The molecule has 2 aromatic carbocycles. The van der Waals surface area contributed by atoms with Gasteiger partial charge < -0.3 is 4.90 Å². The van der Waals surface area contributed by atoms with E-state index in [9.17, 15) is 14.4 Å². The Labute approximate surface area is 185 Å². The van der Waals surface area contributed by atoms with Crippen molar-refractivity contribution in [1.82, 2.24) is 4.90 Å². The topological polar surface area (TPSA) is 57.7 Å². The number of halogens is 1. The zero-order valence-corrected chi connectivity index (χ0v) is 19.0. The molecule has 1 fully saturated rings. The number of hydrogen-bond donors (Lipinski definition) is 0. The molecule has 0 aliphatic carbocycles. The van der Waals surface area contributed by atoms with Crippen molar-refractivity contribution in [2.24, 2.45) is 0 Å². The van der Waals surface area contributed by atoms with Crippen LogP contribution in [-0.2, 0) is 20.8 Å². The maximum atomic E-state index is 13.3. The van der Waals surface area contributed by atoms with Gasteiger partial charge in [0.1, 0.15) is 6.04 Å². The first-order valence-electron chi connectivity index (χ1n) is 9.73. The van der Waals surface area contributed by atoms with E-state index in [2.05, 4.69) is 22.6 Å². The highest BCUT2D eigenvalue weighted by Gasteiger charge is 2.48. The standard InChI is InChI=1S/C23H25IN2O3/c1-4-23(2,3)26(21(28)14-16-8-6-5-7-9-16)19-15-20(27)25(22(19)29)18-12-10-17(24)11-13-18/h5-13,19H,4,14-15H2,1-3H3. The lowest BCUT2D eigenvalue weighted by molar-refractivity contribution is -0.144. The number of amides is 3. The highest BCUT2D eigenvalue weighted by atomic mass is 127. The summed E-state index contributed by atoms with van der Waals surface area (Å²) in [5.41, 5.74) is 0.891. The summed E-state index contributed by atoms with van der Waals surface area (Å²) in [7, 11) is 0. The van der Waals surface area contributed by atoms with Crippen LogP contribution in [0, 0.1) is 3.57 Å². The molecule has 3 rings (SSSR count). The number of hydrogen-bond acceptors (Lipinski definition) is 3. The molecule has 5 nitrogen and oxygen atoms in total. The Morgan fingerprint density at radius 2 is 1.72 bits per heavy atom. The van der Waals surface area contributed by atoms with Crippen molar-refractivity contribution in [3.8, 4) is 0 Å². The molecule has 1 saturated heterocycles. The second-order valence-electron chi connectivity index (χ2n) is 7.86. The van der Waals surface area contributed by atoms with Crippen molar-refractivity contribution in [2.75, 3.05) is 4.90 Å². The van der Waals surface area contributed by atoms with E-state index in [0.717, 1.165) is 9.13 Å². The predicted octanol–water partition coefficient (Wildman–Crippen LogP) is 4.18. The van der Waals surface area contributed by atoms with Gasteiger partial charge in [0.15, 0.2) is 0 Å². The fraction of sp³-hybridized carbons (Fsp3) is 0.348. The largest absolute Gasteiger partial charge is 0.325 e. The second-order valence-corrected chi connectivity index (χ2v) is 9.10. The maximum Gasteiger partial charge on any atom is 0.257 e. The molecule has 29 heavy (non-hydrogen) atoms. The molecule has 6 heteroatoms. The van der Waals surface area contributed by atoms with E-state index < -0.39 is 11.6 Å². The number of nitrogens with zero attached hydrogens (tertiary/aromatic N) is 2. The van der Waals surface area contributed by atoms with Crippen molar-refractivity contribution in [1.29, 1.82) is 0 Å². The van der Waals surface area contributed by atoms with Gasteiger partial charge in [-0.15, -0.1) is 0 Å². The van der Waals surface area contributed by atoms with Crippen LogP contribution in [0.15, 0.2) is 54.6 Å². The van der Waals surface area contributed by atoms with Crippen LogP contribution in [0.5, 0.6) is 0 Å². The quantitative estimate of drug-likeness (QED) is 0.438. The fourth-order valence-electron chi connectivity index (χ4n) is 3.64. The normalized spacial score (nSPS) is 17.0. The van der Waals surface area contributed by atoms with Crippen LogP contribution in [-0.4, -0.2) is 34.2 Å². The summed E-state index contributed by atoms with van der Waals surface area (Å²) in [5.74, 6) is -0.747. The van der Waals surface area contributed by atoms with Gasteiger partial charge in [0, 0.05) is 9.11 Å². The second kappa shape index (κ2) is 8.65. The number of benzene rings is 2. The smallest absolute Gasteiger partial charge is 0.257 e. The maximum absolute atomic E-state index is 13.3. The van der Waals surface area contributed by atoms with Gasteiger partial charge in [-0.1, -0.05) is 37.3 Å². The monoisotopic (exact) mass is 504 g/mol. The molecular weight excluding hydrogens is 479 g/mol. The zero-order valence-electron chi connectivity index (χ0n) is 16.9. The van der Waals surface area contributed by atoms with E-state index in [4.69, 9.17) is 0 Å². The molecule has 0 radical (unpaired) electrons. The summed E-state index contributed by atoms with van der Waals surface area (Å²) in [5, 5.41) is 0. The van der Waals surface area contributed by atoms with E-state index >= 15 is 0 Å². The average Bonchev–Trinajstić information content (AvgIpc) is 2.97. The lowest BCUT2D eigenvalue weighted by atomic mass is 9.94. The van der Waals surface area contributed by atoms with Crippen LogP contribution in [0.25, 0.3) is 0 Å². The van der Waals surface area contributed by atoms with Crippen molar-refractivity contribution in [3.05, 3.63) is 63.7 Å². The van der Waals surface area contributed by atoms with Crippen LogP contribution >= 0.6 is 22.6 Å². The number of anilines is 1. The Morgan fingerprint density at radius 3 is 2.31 bits per heavy atom. The number of carbonyl (C=O) groups is 3. The zero-order chi connectivity index (χ0) is 21.2. The highest BCUT2D eigenvalue weighted by Crippen LogP contribution is 2.32. The first kappa shape index (κ1) is 21.5. The number of rotatable bonds is 6. The van der Waals surface area contributed by atoms with Crippen molar-refractivity contribution in [3.63, 3.8) is 0 Å². The molecule has 0 aromatic heterocycles. The SMILES string of the molecule is CCC(C)(C)N(C(=O)Cc1ccccc1)C1CC(=O)N(c2ccc(I)cc2)C1=O. The Bertz CT molecular complexity index is 909. The van der Waals surface area contributed by atoms with Crippen molar-refractivity contribution >= 4 is 46.0 Å². The molecule has 0 saturated carbocycles. The van der Waals surface area contributed by atoms with E-state index in [1.807, 2.05) is 63.2 Å². The summed E-state index contributed by atoms with van der Waals surface area (Å²) in [6.45, 7) is 5.88. The van der Waals surface area contributed by atoms with Crippen LogP contribution < -0.4 is 4.90 Å². The van der Waals surface area contributed by atoms with E-state index in [1.54, 1.807) is 17.0 Å². The number of carbonyl (C=O) groups excluding carboxylic acids is 3. The molecular formula is C23H25IN2O3. The average molecular weight is 504 g/mol. The molecule has 1 aliphatic rings. The summed E-state index contributed by atoms with van der Waals surface area (Å²) in [4.78, 5) is 42.2. The summed E-state index contributed by atoms with van der Waals surface area (Å²) < 4.78 is 1.02. The Morgan fingerprint density at radius 1 is 1.10 bits per heavy atom. The van der Waals surface area contributed by atoms with Crippen LogP contribution in [0.1, 0.15) is 39.2 Å². The minimum atomic E-state index is -0.784. The summed E-state index contributed by atoms with van der Waals surface area (Å²) in [6, 6.07) is 15.9. The highest BCUT2D eigenvalue weighted by molar-refractivity contribution is 14.1. The van der Waals surface area contributed by atoms with Crippen molar-refractivity contribution < 1.29 is 14.4 Å². The van der Waals surface area contributed by atoms with Gasteiger partial charge in [-0.05, 0) is 72.7 Å². The van der Waals surface area contributed by atoms with Gasteiger partial charge in [0.05, 0.1) is 18.5 Å². The summed E-state index contributed by atoms with van der Waals surface area (Å²) >= 11 is 2.18. The first-order valence-corrected chi connectivity index (χ1v) is 10.8. The molecule has 3 amide bonds.